The highest BCUT2D eigenvalue weighted by atomic mass is 16.5. The van der Waals surface area contributed by atoms with Crippen molar-refractivity contribution in [2.24, 2.45) is 4.99 Å². The van der Waals surface area contributed by atoms with Gasteiger partial charge in [0, 0.05) is 51.9 Å². The smallest absolute Gasteiger partial charge is 0.191 e. The normalized spacial score (nSPS) is 16.4. The lowest BCUT2D eigenvalue weighted by Crippen LogP contribution is -2.44. The fourth-order valence-electron chi connectivity index (χ4n) is 3.31. The van der Waals surface area contributed by atoms with Crippen molar-refractivity contribution >= 4 is 5.96 Å². The van der Waals surface area contributed by atoms with Crippen LogP contribution in [0.25, 0.3) is 0 Å². The summed E-state index contributed by atoms with van der Waals surface area (Å²) in [5.41, 5.74) is 2.36. The van der Waals surface area contributed by atoms with Gasteiger partial charge in [0.15, 0.2) is 5.96 Å². The summed E-state index contributed by atoms with van der Waals surface area (Å²) in [6.07, 6.45) is 2.54. The lowest BCUT2D eigenvalue weighted by atomic mass is 10.1. The van der Waals surface area contributed by atoms with Crippen molar-refractivity contribution < 1.29 is 4.74 Å². The number of nitrogens with one attached hydrogen (secondary N) is 2. The highest BCUT2D eigenvalue weighted by Crippen LogP contribution is 2.21. The number of benzene rings is 1. The molecular formula is C22H39N5O. The third-order valence-electron chi connectivity index (χ3n) is 5.04. The molecule has 1 aromatic rings. The van der Waals surface area contributed by atoms with Crippen LogP contribution in [0.2, 0.25) is 0 Å². The van der Waals surface area contributed by atoms with Crippen LogP contribution in [0.5, 0.6) is 5.75 Å². The second kappa shape index (κ2) is 11.9. The first kappa shape index (κ1) is 22.5. The molecule has 0 amide bonds. The van der Waals surface area contributed by atoms with E-state index in [9.17, 15) is 0 Å². The van der Waals surface area contributed by atoms with E-state index in [1.165, 1.54) is 44.7 Å². The number of likely N-dealkylation sites (N-methyl/N-ethyl adjacent to an activating group) is 1. The van der Waals surface area contributed by atoms with E-state index in [4.69, 9.17) is 4.74 Å². The SMILES string of the molecule is CN=C(NCCCCN1CCN(C)CC1)NCc1ccc(C)cc1OC(C)C. The molecule has 1 saturated heterocycles. The summed E-state index contributed by atoms with van der Waals surface area (Å²) in [6, 6.07) is 6.35. The third-order valence-corrected chi connectivity index (χ3v) is 5.04. The van der Waals surface area contributed by atoms with Crippen LogP contribution < -0.4 is 15.4 Å². The zero-order valence-corrected chi connectivity index (χ0v) is 18.4. The Morgan fingerprint density at radius 1 is 1.14 bits per heavy atom. The molecule has 28 heavy (non-hydrogen) atoms. The van der Waals surface area contributed by atoms with Crippen LogP contribution in [-0.2, 0) is 6.54 Å². The maximum Gasteiger partial charge on any atom is 0.191 e. The minimum atomic E-state index is 0.165. The Bertz CT molecular complexity index is 609. The second-order valence-electron chi connectivity index (χ2n) is 7.98. The van der Waals surface area contributed by atoms with Gasteiger partial charge in [-0.3, -0.25) is 4.99 Å². The molecule has 6 heteroatoms. The number of guanidine groups is 1. The molecule has 0 radical (unpaired) electrons. The molecule has 0 aliphatic carbocycles. The average molecular weight is 390 g/mol. The Morgan fingerprint density at radius 3 is 2.57 bits per heavy atom. The first-order chi connectivity index (χ1) is 13.5. The molecular weight excluding hydrogens is 350 g/mol. The number of hydrogen-bond acceptors (Lipinski definition) is 4. The van der Waals surface area contributed by atoms with E-state index in [1.807, 2.05) is 7.05 Å². The minimum absolute atomic E-state index is 0.165. The zero-order chi connectivity index (χ0) is 20.4. The molecule has 1 aliphatic heterocycles. The quantitative estimate of drug-likeness (QED) is 0.386. The van der Waals surface area contributed by atoms with Gasteiger partial charge in [-0.2, -0.15) is 0 Å². The van der Waals surface area contributed by atoms with Crippen molar-refractivity contribution in [3.63, 3.8) is 0 Å². The van der Waals surface area contributed by atoms with Crippen molar-refractivity contribution in [2.75, 3.05) is 53.4 Å². The van der Waals surface area contributed by atoms with E-state index in [-0.39, 0.29) is 6.10 Å². The molecule has 0 unspecified atom stereocenters. The van der Waals surface area contributed by atoms with Gasteiger partial charge in [0.25, 0.3) is 0 Å². The number of hydrogen-bond donors (Lipinski definition) is 2. The summed E-state index contributed by atoms with van der Waals surface area (Å²) >= 11 is 0. The molecule has 0 saturated carbocycles. The Kier molecular flexibility index (Phi) is 9.58. The van der Waals surface area contributed by atoms with Gasteiger partial charge in [0.1, 0.15) is 5.75 Å². The molecule has 0 atom stereocenters. The second-order valence-corrected chi connectivity index (χ2v) is 7.98. The zero-order valence-electron chi connectivity index (χ0n) is 18.4. The van der Waals surface area contributed by atoms with Gasteiger partial charge in [-0.25, -0.2) is 0 Å². The number of piperazine rings is 1. The van der Waals surface area contributed by atoms with Crippen LogP contribution in [0.3, 0.4) is 0 Å². The summed E-state index contributed by atoms with van der Waals surface area (Å²) in [5, 5.41) is 6.83. The first-order valence-corrected chi connectivity index (χ1v) is 10.6. The average Bonchev–Trinajstić information content (AvgIpc) is 2.66. The molecule has 6 nitrogen and oxygen atoms in total. The van der Waals surface area contributed by atoms with E-state index < -0.39 is 0 Å². The van der Waals surface area contributed by atoms with Crippen LogP contribution in [0.15, 0.2) is 23.2 Å². The van der Waals surface area contributed by atoms with Crippen LogP contribution in [-0.4, -0.2) is 75.2 Å². The molecule has 1 fully saturated rings. The van der Waals surface area contributed by atoms with E-state index in [0.717, 1.165) is 30.2 Å². The number of ether oxygens (including phenoxy) is 1. The summed E-state index contributed by atoms with van der Waals surface area (Å²) < 4.78 is 5.96. The van der Waals surface area contributed by atoms with Gasteiger partial charge in [-0.05, 0) is 58.8 Å². The fraction of sp³-hybridized carbons (Fsp3) is 0.682. The molecule has 1 aliphatic rings. The third kappa shape index (κ3) is 8.07. The summed E-state index contributed by atoms with van der Waals surface area (Å²) in [4.78, 5) is 9.32. The first-order valence-electron chi connectivity index (χ1n) is 10.6. The lowest BCUT2D eigenvalue weighted by Gasteiger charge is -2.32. The van der Waals surface area contributed by atoms with Crippen molar-refractivity contribution in [1.29, 1.82) is 0 Å². The van der Waals surface area contributed by atoms with Crippen molar-refractivity contribution in [3.8, 4) is 5.75 Å². The summed E-state index contributed by atoms with van der Waals surface area (Å²) in [5.74, 6) is 1.79. The Labute approximate surface area is 171 Å². The largest absolute Gasteiger partial charge is 0.491 e. The van der Waals surface area contributed by atoms with Gasteiger partial charge in [-0.15, -0.1) is 0 Å². The summed E-state index contributed by atoms with van der Waals surface area (Å²) in [7, 11) is 4.02. The van der Waals surface area contributed by atoms with Crippen LogP contribution >= 0.6 is 0 Å². The number of rotatable bonds is 9. The monoisotopic (exact) mass is 389 g/mol. The van der Waals surface area contributed by atoms with Crippen molar-refractivity contribution in [1.82, 2.24) is 20.4 Å². The Hall–Kier alpha value is -1.79. The highest BCUT2D eigenvalue weighted by molar-refractivity contribution is 5.79. The van der Waals surface area contributed by atoms with E-state index in [1.54, 1.807) is 0 Å². The molecule has 158 valence electrons. The van der Waals surface area contributed by atoms with Crippen molar-refractivity contribution in [3.05, 3.63) is 29.3 Å². The summed E-state index contributed by atoms with van der Waals surface area (Å²) in [6.45, 7) is 13.8. The molecule has 1 heterocycles. The fourth-order valence-corrected chi connectivity index (χ4v) is 3.31. The number of unbranched alkanes of at least 4 members (excludes halogenated alkanes) is 1. The lowest BCUT2D eigenvalue weighted by molar-refractivity contribution is 0.152. The van der Waals surface area contributed by atoms with Gasteiger partial charge in [0.2, 0.25) is 0 Å². The van der Waals surface area contributed by atoms with Crippen molar-refractivity contribution in [2.45, 2.75) is 46.3 Å². The molecule has 0 aromatic heterocycles. The van der Waals surface area contributed by atoms with E-state index in [2.05, 4.69) is 71.4 Å². The predicted molar refractivity (Wildman–Crippen MR) is 118 cm³/mol. The molecule has 2 N–H and O–H groups in total. The van der Waals surface area contributed by atoms with Crippen LogP contribution in [0, 0.1) is 6.92 Å². The van der Waals surface area contributed by atoms with Crippen LogP contribution in [0.1, 0.15) is 37.8 Å². The van der Waals surface area contributed by atoms with Gasteiger partial charge in [0.05, 0.1) is 6.10 Å². The van der Waals surface area contributed by atoms with E-state index in [0.29, 0.717) is 6.54 Å². The molecule has 2 rings (SSSR count). The minimum Gasteiger partial charge on any atom is -0.491 e. The van der Waals surface area contributed by atoms with E-state index >= 15 is 0 Å². The maximum absolute atomic E-state index is 5.96. The number of nitrogens with zero attached hydrogens (tertiary/aromatic N) is 3. The maximum atomic E-state index is 5.96. The standard InChI is InChI=1S/C22H39N5O/c1-18(2)28-21-16-19(3)8-9-20(21)17-25-22(23-4)24-10-6-7-11-27-14-12-26(5)13-15-27/h8-9,16,18H,6-7,10-15,17H2,1-5H3,(H2,23,24,25). The topological polar surface area (TPSA) is 52.1 Å². The Balaban J connectivity index is 1.69. The predicted octanol–water partition coefficient (Wildman–Crippen LogP) is 2.47. The Morgan fingerprint density at radius 2 is 1.89 bits per heavy atom. The number of aliphatic imine (C=N–C) groups is 1. The molecule has 0 bridgehead atoms. The molecule has 1 aromatic carbocycles. The number of aryl methyl sites for hydroxylation is 1. The van der Waals surface area contributed by atoms with Gasteiger partial charge < -0.3 is 25.2 Å². The van der Waals surface area contributed by atoms with Gasteiger partial charge >= 0.3 is 0 Å². The molecule has 0 spiro atoms. The van der Waals surface area contributed by atoms with Gasteiger partial charge in [-0.1, -0.05) is 12.1 Å². The highest BCUT2D eigenvalue weighted by Gasteiger charge is 2.12. The van der Waals surface area contributed by atoms with Crippen LogP contribution in [0.4, 0.5) is 0 Å².